The van der Waals surface area contributed by atoms with Gasteiger partial charge in [0.25, 0.3) is 0 Å². The molecule has 1 atom stereocenters. The van der Waals surface area contributed by atoms with Gasteiger partial charge in [-0.1, -0.05) is 18.2 Å². The zero-order chi connectivity index (χ0) is 13.2. The van der Waals surface area contributed by atoms with E-state index >= 15 is 0 Å². The van der Waals surface area contributed by atoms with Gasteiger partial charge in [-0.15, -0.1) is 0 Å². The fourth-order valence-corrected chi connectivity index (χ4v) is 3.67. The number of hydrogen-bond acceptors (Lipinski definition) is 2. The van der Waals surface area contributed by atoms with Crippen molar-refractivity contribution in [2.75, 3.05) is 0 Å². The Hall–Kier alpha value is -1.12. The first-order valence-corrected chi connectivity index (χ1v) is 8.05. The Morgan fingerprint density at radius 2 is 2.05 bits per heavy atom. The van der Waals surface area contributed by atoms with Gasteiger partial charge in [0.05, 0.1) is 0 Å². The molecule has 19 heavy (non-hydrogen) atoms. The van der Waals surface area contributed by atoms with Gasteiger partial charge < -0.3 is 5.32 Å². The van der Waals surface area contributed by atoms with E-state index in [1.54, 1.807) is 22.5 Å². The molecule has 1 aliphatic rings. The van der Waals surface area contributed by atoms with Crippen LogP contribution in [0.25, 0.3) is 0 Å². The standard InChI is InChI=1S/C17H21NS/c1-12-10-19-11-17(12)9-18-13(2)15-7-6-14-4-3-5-16(14)8-15/h6-8,10-11,13,18H,3-5,9H2,1-2H3. The Morgan fingerprint density at radius 1 is 1.21 bits per heavy atom. The van der Waals surface area contributed by atoms with Crippen molar-refractivity contribution in [3.05, 3.63) is 56.8 Å². The molecule has 0 saturated heterocycles. The summed E-state index contributed by atoms with van der Waals surface area (Å²) >= 11 is 1.79. The van der Waals surface area contributed by atoms with Crippen LogP contribution in [0.1, 0.15) is 47.2 Å². The molecule has 0 fully saturated rings. The predicted octanol–water partition coefficient (Wildman–Crippen LogP) is 4.40. The van der Waals surface area contributed by atoms with Gasteiger partial charge in [0.15, 0.2) is 0 Å². The highest BCUT2D eigenvalue weighted by Gasteiger charge is 2.13. The van der Waals surface area contributed by atoms with E-state index in [0.717, 1.165) is 6.54 Å². The molecule has 0 amide bonds. The third-order valence-corrected chi connectivity index (χ3v) is 5.09. The number of benzene rings is 1. The summed E-state index contributed by atoms with van der Waals surface area (Å²) in [5.41, 5.74) is 7.38. The SMILES string of the molecule is Cc1cscc1CNC(C)c1ccc2c(c1)CCC2. The van der Waals surface area contributed by atoms with E-state index < -0.39 is 0 Å². The van der Waals surface area contributed by atoms with Crippen LogP contribution in [0.3, 0.4) is 0 Å². The first kappa shape index (κ1) is 12.9. The smallest absolute Gasteiger partial charge is 0.0295 e. The van der Waals surface area contributed by atoms with Gasteiger partial charge in [0, 0.05) is 12.6 Å². The van der Waals surface area contributed by atoms with Crippen molar-refractivity contribution in [2.45, 2.75) is 45.7 Å². The third-order valence-electron chi connectivity index (χ3n) is 4.18. The second-order valence-electron chi connectivity index (χ2n) is 5.56. The molecule has 1 unspecified atom stereocenters. The Bertz CT molecular complexity index is 570. The molecule has 1 aliphatic carbocycles. The Morgan fingerprint density at radius 3 is 2.84 bits per heavy atom. The van der Waals surface area contributed by atoms with E-state index in [0.29, 0.717) is 6.04 Å². The largest absolute Gasteiger partial charge is 0.306 e. The van der Waals surface area contributed by atoms with Gasteiger partial charge >= 0.3 is 0 Å². The topological polar surface area (TPSA) is 12.0 Å². The second-order valence-corrected chi connectivity index (χ2v) is 6.31. The first-order chi connectivity index (χ1) is 9.24. The highest BCUT2D eigenvalue weighted by atomic mass is 32.1. The van der Waals surface area contributed by atoms with Crippen molar-refractivity contribution in [1.29, 1.82) is 0 Å². The van der Waals surface area contributed by atoms with Crippen LogP contribution in [0.2, 0.25) is 0 Å². The lowest BCUT2D eigenvalue weighted by molar-refractivity contribution is 0.574. The summed E-state index contributed by atoms with van der Waals surface area (Å²) in [6.07, 6.45) is 3.86. The van der Waals surface area contributed by atoms with E-state index in [9.17, 15) is 0 Å². The van der Waals surface area contributed by atoms with Crippen molar-refractivity contribution in [1.82, 2.24) is 5.32 Å². The second kappa shape index (κ2) is 5.48. The first-order valence-electron chi connectivity index (χ1n) is 7.11. The molecule has 0 radical (unpaired) electrons. The Labute approximate surface area is 119 Å². The van der Waals surface area contributed by atoms with E-state index in [4.69, 9.17) is 0 Å². The number of aryl methyl sites for hydroxylation is 3. The average molecular weight is 271 g/mol. The van der Waals surface area contributed by atoms with Crippen LogP contribution in [0.15, 0.2) is 29.0 Å². The van der Waals surface area contributed by atoms with Crippen molar-refractivity contribution in [3.8, 4) is 0 Å². The number of fused-ring (bicyclic) bond motifs is 1. The minimum atomic E-state index is 0.421. The molecular weight excluding hydrogens is 250 g/mol. The Balaban J connectivity index is 1.67. The lowest BCUT2D eigenvalue weighted by Gasteiger charge is -2.15. The molecule has 0 aliphatic heterocycles. The number of thiophene rings is 1. The maximum atomic E-state index is 3.64. The molecule has 2 aromatic rings. The molecule has 1 N–H and O–H groups in total. The highest BCUT2D eigenvalue weighted by molar-refractivity contribution is 7.08. The van der Waals surface area contributed by atoms with E-state index in [2.05, 4.69) is 48.1 Å². The number of nitrogens with one attached hydrogen (secondary N) is 1. The van der Waals surface area contributed by atoms with Gasteiger partial charge in [0.1, 0.15) is 0 Å². The highest BCUT2D eigenvalue weighted by Crippen LogP contribution is 2.25. The summed E-state index contributed by atoms with van der Waals surface area (Å²) in [5, 5.41) is 8.11. The lowest BCUT2D eigenvalue weighted by atomic mass is 10.0. The summed E-state index contributed by atoms with van der Waals surface area (Å²) in [4.78, 5) is 0. The average Bonchev–Trinajstić information content (AvgIpc) is 3.03. The summed E-state index contributed by atoms with van der Waals surface area (Å²) in [5.74, 6) is 0. The summed E-state index contributed by atoms with van der Waals surface area (Å²) in [6, 6.07) is 7.44. The van der Waals surface area contributed by atoms with Crippen LogP contribution in [0.5, 0.6) is 0 Å². The Kier molecular flexibility index (Phi) is 3.72. The van der Waals surface area contributed by atoms with Gasteiger partial charge in [0.2, 0.25) is 0 Å². The third kappa shape index (κ3) is 2.75. The molecule has 2 heteroatoms. The lowest BCUT2D eigenvalue weighted by Crippen LogP contribution is -2.18. The summed E-state index contributed by atoms with van der Waals surface area (Å²) in [7, 11) is 0. The predicted molar refractivity (Wildman–Crippen MR) is 82.8 cm³/mol. The molecule has 1 nitrogen and oxygen atoms in total. The molecule has 100 valence electrons. The van der Waals surface area contributed by atoms with E-state index in [-0.39, 0.29) is 0 Å². The summed E-state index contributed by atoms with van der Waals surface area (Å²) in [6.45, 7) is 5.42. The fraction of sp³-hybridized carbons (Fsp3) is 0.412. The summed E-state index contributed by atoms with van der Waals surface area (Å²) < 4.78 is 0. The molecule has 0 bridgehead atoms. The quantitative estimate of drug-likeness (QED) is 0.869. The zero-order valence-corrected chi connectivity index (χ0v) is 12.5. The molecule has 0 saturated carbocycles. The van der Waals surface area contributed by atoms with Crippen LogP contribution in [-0.4, -0.2) is 0 Å². The minimum absolute atomic E-state index is 0.421. The van der Waals surface area contributed by atoms with Crippen molar-refractivity contribution in [2.24, 2.45) is 0 Å². The van der Waals surface area contributed by atoms with Crippen molar-refractivity contribution in [3.63, 3.8) is 0 Å². The van der Waals surface area contributed by atoms with Crippen molar-refractivity contribution < 1.29 is 0 Å². The van der Waals surface area contributed by atoms with Crippen LogP contribution in [-0.2, 0) is 19.4 Å². The van der Waals surface area contributed by atoms with Crippen LogP contribution in [0, 0.1) is 6.92 Å². The fourth-order valence-electron chi connectivity index (χ4n) is 2.81. The molecule has 1 aromatic carbocycles. The molecule has 0 spiro atoms. The van der Waals surface area contributed by atoms with Crippen LogP contribution in [0.4, 0.5) is 0 Å². The molecule has 1 heterocycles. The maximum absolute atomic E-state index is 3.64. The van der Waals surface area contributed by atoms with Gasteiger partial charge in [-0.3, -0.25) is 0 Å². The number of hydrogen-bond donors (Lipinski definition) is 1. The normalized spacial score (nSPS) is 15.5. The monoisotopic (exact) mass is 271 g/mol. The zero-order valence-electron chi connectivity index (χ0n) is 11.7. The minimum Gasteiger partial charge on any atom is -0.306 e. The molecular formula is C17H21NS. The van der Waals surface area contributed by atoms with Gasteiger partial charge in [-0.25, -0.2) is 0 Å². The number of rotatable bonds is 4. The van der Waals surface area contributed by atoms with E-state index in [1.807, 2.05) is 0 Å². The molecule has 3 rings (SSSR count). The van der Waals surface area contributed by atoms with Gasteiger partial charge in [-0.2, -0.15) is 11.3 Å². The van der Waals surface area contributed by atoms with Crippen LogP contribution >= 0.6 is 11.3 Å². The maximum Gasteiger partial charge on any atom is 0.0295 e. The molecule has 1 aromatic heterocycles. The van der Waals surface area contributed by atoms with Crippen LogP contribution < -0.4 is 5.32 Å². The van der Waals surface area contributed by atoms with Crippen molar-refractivity contribution >= 4 is 11.3 Å². The van der Waals surface area contributed by atoms with E-state index in [1.165, 1.54) is 36.0 Å². The van der Waals surface area contributed by atoms with Gasteiger partial charge in [-0.05, 0) is 71.7 Å².